The van der Waals surface area contributed by atoms with Crippen LogP contribution in [0.25, 0.3) is 11.0 Å². The maximum absolute atomic E-state index is 12.5. The first-order chi connectivity index (χ1) is 16.4. The van der Waals surface area contributed by atoms with Gasteiger partial charge in [-0.3, -0.25) is 0 Å². The molecule has 2 fully saturated rings. The van der Waals surface area contributed by atoms with Crippen LogP contribution in [0.3, 0.4) is 0 Å². The molecule has 1 aromatic carbocycles. The Morgan fingerprint density at radius 1 is 1.14 bits per heavy atom. The van der Waals surface area contributed by atoms with E-state index < -0.39 is 11.2 Å². The number of fused-ring (bicyclic) bond motifs is 2. The molecule has 0 bridgehead atoms. The number of aliphatic hydroxyl groups is 1. The fourth-order valence-electron chi connectivity index (χ4n) is 6.73. The topological polar surface area (TPSA) is 86.0 Å². The molecule has 2 saturated carbocycles. The summed E-state index contributed by atoms with van der Waals surface area (Å²) in [6.07, 6.45) is 4.72. The van der Waals surface area contributed by atoms with Crippen molar-refractivity contribution in [2.75, 3.05) is 6.61 Å². The van der Waals surface area contributed by atoms with Crippen molar-refractivity contribution in [1.82, 2.24) is 0 Å². The summed E-state index contributed by atoms with van der Waals surface area (Å²) in [6.45, 7) is 12.5. The Balaban J connectivity index is 1.57. The predicted molar refractivity (Wildman–Crippen MR) is 135 cm³/mol. The van der Waals surface area contributed by atoms with Crippen molar-refractivity contribution in [3.63, 3.8) is 0 Å². The van der Waals surface area contributed by atoms with E-state index in [-0.39, 0.29) is 34.7 Å². The molecule has 0 amide bonds. The zero-order chi connectivity index (χ0) is 25.6. The molecular weight excluding hydrogens is 444 g/mol. The minimum atomic E-state index is -0.879. The van der Waals surface area contributed by atoms with Crippen molar-refractivity contribution < 1.29 is 23.8 Å². The number of hydrogen-bond acceptors (Lipinski definition) is 6. The highest BCUT2D eigenvalue weighted by molar-refractivity contribution is 5.87. The molecule has 1 aromatic heterocycles. The Bertz CT molecular complexity index is 1190. The fraction of sp³-hybridized carbons (Fsp3) is 0.586. The third-order valence-corrected chi connectivity index (χ3v) is 8.97. The smallest absolute Gasteiger partial charge is 0.336 e. The quantitative estimate of drug-likeness (QED) is 0.337. The third-order valence-electron chi connectivity index (χ3n) is 8.97. The van der Waals surface area contributed by atoms with Gasteiger partial charge in [-0.15, -0.1) is 0 Å². The maximum Gasteiger partial charge on any atom is 0.336 e. The van der Waals surface area contributed by atoms with Crippen LogP contribution in [-0.2, 0) is 9.53 Å². The van der Waals surface area contributed by atoms with Crippen molar-refractivity contribution in [3.05, 3.63) is 52.4 Å². The number of ether oxygens (including phenoxy) is 2. The van der Waals surface area contributed by atoms with E-state index in [0.29, 0.717) is 29.9 Å². The molecule has 6 nitrogen and oxygen atoms in total. The number of carbonyl (C=O) groups excluding carboxylic acids is 1. The number of allylic oxidation sites excluding steroid dienone is 1. The van der Waals surface area contributed by atoms with E-state index >= 15 is 0 Å². The van der Waals surface area contributed by atoms with Gasteiger partial charge in [0.05, 0.1) is 12.2 Å². The normalized spacial score (nSPS) is 32.7. The van der Waals surface area contributed by atoms with Crippen LogP contribution in [0.15, 0.2) is 51.2 Å². The summed E-state index contributed by atoms with van der Waals surface area (Å²) in [5, 5.41) is 12.3. The Hall–Kier alpha value is -2.60. The molecule has 4 rings (SSSR count). The van der Waals surface area contributed by atoms with Crippen LogP contribution < -0.4 is 10.4 Å². The second-order valence-corrected chi connectivity index (χ2v) is 11.5. The van der Waals surface area contributed by atoms with Crippen LogP contribution in [0.5, 0.6) is 5.75 Å². The van der Waals surface area contributed by atoms with Crippen molar-refractivity contribution in [3.8, 4) is 5.75 Å². The summed E-state index contributed by atoms with van der Waals surface area (Å²) in [6, 6.07) is 8.60. The lowest BCUT2D eigenvalue weighted by Gasteiger charge is -2.62. The summed E-state index contributed by atoms with van der Waals surface area (Å²) in [7, 11) is 0. The third kappa shape index (κ3) is 4.65. The molecule has 2 aliphatic rings. The summed E-state index contributed by atoms with van der Waals surface area (Å²) >= 11 is 0. The Kier molecular flexibility index (Phi) is 6.64. The van der Waals surface area contributed by atoms with Crippen molar-refractivity contribution >= 4 is 16.9 Å². The van der Waals surface area contributed by atoms with Gasteiger partial charge in [-0.1, -0.05) is 26.8 Å². The van der Waals surface area contributed by atoms with E-state index in [2.05, 4.69) is 20.8 Å². The summed E-state index contributed by atoms with van der Waals surface area (Å²) in [5.74, 6) is 0.508. The molecule has 0 spiro atoms. The standard InChI is InChI=1S/C29H38O6/c1-7-18(2)26(31)35-24-13-14-28(5)22(27(24,3)4)12-15-29(6,32)23(28)17-33-20-10-8-19-9-11-25(30)34-21(19)16-20/h7-11,16,22-24,32H,12-15,17H2,1-6H3/b18-7-. The molecule has 0 radical (unpaired) electrons. The van der Waals surface area contributed by atoms with Gasteiger partial charge in [0.2, 0.25) is 0 Å². The van der Waals surface area contributed by atoms with Gasteiger partial charge < -0.3 is 19.0 Å². The van der Waals surface area contributed by atoms with Gasteiger partial charge in [0.25, 0.3) is 0 Å². The molecule has 190 valence electrons. The van der Waals surface area contributed by atoms with Gasteiger partial charge in [0.1, 0.15) is 17.4 Å². The van der Waals surface area contributed by atoms with Gasteiger partial charge >= 0.3 is 11.6 Å². The molecule has 2 aliphatic carbocycles. The first-order valence-electron chi connectivity index (χ1n) is 12.6. The van der Waals surface area contributed by atoms with E-state index in [0.717, 1.165) is 24.6 Å². The van der Waals surface area contributed by atoms with E-state index in [9.17, 15) is 14.7 Å². The number of benzene rings is 1. The van der Waals surface area contributed by atoms with Crippen LogP contribution in [0.1, 0.15) is 67.2 Å². The van der Waals surface area contributed by atoms with Crippen LogP contribution in [0.2, 0.25) is 0 Å². The van der Waals surface area contributed by atoms with E-state index in [4.69, 9.17) is 13.9 Å². The largest absolute Gasteiger partial charge is 0.493 e. The average molecular weight is 483 g/mol. The minimum Gasteiger partial charge on any atom is -0.493 e. The lowest BCUT2D eigenvalue weighted by molar-refractivity contribution is -0.210. The molecule has 0 aliphatic heterocycles. The Labute approximate surface area is 207 Å². The molecule has 0 saturated heterocycles. The Morgan fingerprint density at radius 2 is 1.86 bits per heavy atom. The average Bonchev–Trinajstić information content (AvgIpc) is 2.79. The van der Waals surface area contributed by atoms with Gasteiger partial charge in [-0.2, -0.15) is 0 Å². The highest BCUT2D eigenvalue weighted by atomic mass is 16.5. The van der Waals surface area contributed by atoms with Crippen LogP contribution >= 0.6 is 0 Å². The van der Waals surface area contributed by atoms with Gasteiger partial charge in [0, 0.05) is 34.4 Å². The van der Waals surface area contributed by atoms with Crippen LogP contribution in [0, 0.1) is 22.7 Å². The van der Waals surface area contributed by atoms with Gasteiger partial charge in [-0.05, 0) is 76.0 Å². The Morgan fingerprint density at radius 3 is 2.57 bits per heavy atom. The van der Waals surface area contributed by atoms with E-state index in [1.807, 2.05) is 26.0 Å². The zero-order valence-corrected chi connectivity index (χ0v) is 21.7. The van der Waals surface area contributed by atoms with Gasteiger partial charge in [-0.25, -0.2) is 9.59 Å². The van der Waals surface area contributed by atoms with E-state index in [1.165, 1.54) is 6.07 Å². The summed E-state index contributed by atoms with van der Waals surface area (Å²) in [5.41, 5.74) is -0.599. The number of rotatable bonds is 5. The monoisotopic (exact) mass is 482 g/mol. The minimum absolute atomic E-state index is 0.111. The molecule has 2 aromatic rings. The molecule has 5 unspecified atom stereocenters. The SMILES string of the molecule is C/C=C(/C)C(=O)OC1CCC2(C)C(COc3ccc4ccc(=O)oc4c3)C(C)(O)CCC2C1(C)C. The lowest BCUT2D eigenvalue weighted by atomic mass is 9.45. The number of hydrogen-bond donors (Lipinski definition) is 1. The predicted octanol–water partition coefficient (Wildman–Crippen LogP) is 5.65. The van der Waals surface area contributed by atoms with Crippen molar-refractivity contribution in [2.45, 2.75) is 78.9 Å². The molecule has 1 N–H and O–H groups in total. The highest BCUT2D eigenvalue weighted by Gasteiger charge is 2.61. The number of carbonyl (C=O) groups is 1. The zero-order valence-electron chi connectivity index (χ0n) is 21.7. The first kappa shape index (κ1) is 25.5. The van der Waals surface area contributed by atoms with Crippen LogP contribution in [-0.4, -0.2) is 29.4 Å². The number of esters is 1. The molecular formula is C29H38O6. The maximum atomic E-state index is 12.5. The summed E-state index contributed by atoms with van der Waals surface area (Å²) in [4.78, 5) is 24.2. The van der Waals surface area contributed by atoms with E-state index in [1.54, 1.807) is 25.1 Å². The molecule has 5 atom stereocenters. The molecule has 1 heterocycles. The second-order valence-electron chi connectivity index (χ2n) is 11.5. The first-order valence-corrected chi connectivity index (χ1v) is 12.6. The second kappa shape index (κ2) is 9.12. The fourth-order valence-corrected chi connectivity index (χ4v) is 6.73. The molecule has 6 heteroatoms. The van der Waals surface area contributed by atoms with Crippen molar-refractivity contribution in [1.29, 1.82) is 0 Å². The molecule has 35 heavy (non-hydrogen) atoms. The van der Waals surface area contributed by atoms with Crippen LogP contribution in [0.4, 0.5) is 0 Å². The van der Waals surface area contributed by atoms with Crippen molar-refractivity contribution in [2.24, 2.45) is 22.7 Å². The lowest BCUT2D eigenvalue weighted by Crippen LogP contribution is -2.62. The van der Waals surface area contributed by atoms with Gasteiger partial charge in [0.15, 0.2) is 0 Å². The summed E-state index contributed by atoms with van der Waals surface area (Å²) < 4.78 is 17.5. The highest BCUT2D eigenvalue weighted by Crippen LogP contribution is 2.62.